The summed E-state index contributed by atoms with van der Waals surface area (Å²) in [7, 11) is -18.3. The van der Waals surface area contributed by atoms with Gasteiger partial charge in [-0.15, -0.1) is 0 Å². The Morgan fingerprint density at radius 2 is 0.657 bits per heavy atom. The third kappa shape index (κ3) is 21.2. The standard InChI is InChI=1S/3C6H8F4O5S.3C3H4N2.BH3O3/c3*1-3-15-16(12,13)5(7,4(11)14-2)6(8,9)10;3*1-2-5-3-4-1;2-1(3)4/h3*3H2,1-2H3;3*1-3H,(H,4,5);2-4H. The summed E-state index contributed by atoms with van der Waals surface area (Å²) in [5.41, 5.74) is 0. The molecule has 3 unspecified atom stereocenters. The summed E-state index contributed by atoms with van der Waals surface area (Å²) in [6.45, 7) is 0.812. The minimum atomic E-state index is -5.99. The van der Waals surface area contributed by atoms with Crippen LogP contribution in [0.15, 0.2) is 56.2 Å². The molecule has 40 heteroatoms. The molecular formula is C27H39BF12N6O18S3. The maximum Gasteiger partial charge on any atom is 0.631 e. The van der Waals surface area contributed by atoms with Crippen molar-refractivity contribution in [3.63, 3.8) is 0 Å². The van der Waals surface area contributed by atoms with Crippen molar-refractivity contribution < 1.29 is 134 Å². The molecular weight excluding hydrogens is 1030 g/mol. The van der Waals surface area contributed by atoms with Gasteiger partial charge in [0.1, 0.15) is 0 Å². The number of hydrogen-bond donors (Lipinski definition) is 6. The van der Waals surface area contributed by atoms with Gasteiger partial charge in [0.25, 0.3) is 0 Å². The van der Waals surface area contributed by atoms with Gasteiger partial charge < -0.3 is 44.2 Å². The van der Waals surface area contributed by atoms with E-state index in [1.165, 1.54) is 0 Å². The normalized spacial score (nSPS) is 14.1. The Morgan fingerprint density at radius 1 is 0.478 bits per heavy atom. The van der Waals surface area contributed by atoms with Gasteiger partial charge in [-0.25, -0.2) is 42.5 Å². The van der Waals surface area contributed by atoms with Gasteiger partial charge in [-0.2, -0.15) is 64.8 Å². The molecule has 67 heavy (non-hydrogen) atoms. The van der Waals surface area contributed by atoms with Crippen LogP contribution >= 0.6 is 0 Å². The molecule has 3 atom stereocenters. The second-order valence-corrected chi connectivity index (χ2v) is 15.1. The molecule has 0 radical (unpaired) electrons. The van der Waals surface area contributed by atoms with E-state index in [-0.39, 0.29) is 0 Å². The van der Waals surface area contributed by atoms with Gasteiger partial charge in [0, 0.05) is 37.2 Å². The number of alkyl halides is 12. The highest BCUT2D eigenvalue weighted by atomic mass is 32.2. The number of H-pyrrole nitrogens is 3. The predicted molar refractivity (Wildman–Crippen MR) is 196 cm³/mol. The van der Waals surface area contributed by atoms with Crippen LogP contribution in [0.4, 0.5) is 52.7 Å². The Labute approximate surface area is 370 Å². The van der Waals surface area contributed by atoms with Crippen LogP contribution in [0.3, 0.4) is 0 Å². The maximum absolute atomic E-state index is 13.3. The highest BCUT2D eigenvalue weighted by Crippen LogP contribution is 2.42. The van der Waals surface area contributed by atoms with E-state index in [1.54, 1.807) is 56.2 Å². The first-order chi connectivity index (χ1) is 30.4. The summed E-state index contributed by atoms with van der Waals surface area (Å²) in [6, 6.07) is 0. The van der Waals surface area contributed by atoms with Crippen molar-refractivity contribution >= 4 is 55.6 Å². The Bertz CT molecular complexity index is 1840. The number of methoxy groups -OCH3 is 3. The number of ether oxygens (including phenoxy) is 3. The Kier molecular flexibility index (Phi) is 31.0. The third-order valence-electron chi connectivity index (χ3n) is 5.51. The number of nitrogens with one attached hydrogen (secondary N) is 3. The monoisotopic (exact) mass is 1070 g/mol. The van der Waals surface area contributed by atoms with E-state index >= 15 is 0 Å². The van der Waals surface area contributed by atoms with Crippen molar-refractivity contribution in [2.24, 2.45) is 0 Å². The SMILES string of the molecule is CCOS(=O)(=O)C(F)(C(=O)OC)C(F)(F)F.CCOS(=O)(=O)C(F)(C(=O)OC)C(F)(F)F.CCOS(=O)(=O)C(F)(C(=O)OC)C(F)(F)F.OB(O)O.c1c[nH]cn1.c1c[nH]cn1.c1c[nH]cn1. The van der Waals surface area contributed by atoms with Crippen LogP contribution in [0.1, 0.15) is 20.8 Å². The molecule has 0 saturated heterocycles. The summed E-state index contributed by atoms with van der Waals surface area (Å²) in [5.74, 6) is -7.81. The zero-order valence-corrected chi connectivity index (χ0v) is 36.9. The van der Waals surface area contributed by atoms with Crippen molar-refractivity contribution in [1.29, 1.82) is 0 Å². The summed E-state index contributed by atoms with van der Waals surface area (Å²) in [5, 5.41) is 5.85. The first kappa shape index (κ1) is 68.5. The molecule has 3 aromatic rings. The first-order valence-electron chi connectivity index (χ1n) is 16.4. The van der Waals surface area contributed by atoms with Crippen molar-refractivity contribution in [1.82, 2.24) is 29.9 Å². The highest BCUT2D eigenvalue weighted by Gasteiger charge is 2.75. The van der Waals surface area contributed by atoms with Crippen LogP contribution < -0.4 is 0 Å². The van der Waals surface area contributed by atoms with Gasteiger partial charge >= 0.3 is 89.1 Å². The molecule has 6 N–H and O–H groups in total. The number of carbonyl (C=O) groups is 3. The molecule has 3 aromatic heterocycles. The minimum absolute atomic E-state index is 0.421. The fourth-order valence-electron chi connectivity index (χ4n) is 2.83. The zero-order valence-electron chi connectivity index (χ0n) is 34.5. The van der Waals surface area contributed by atoms with Crippen LogP contribution in [0, 0.1) is 0 Å². The van der Waals surface area contributed by atoms with E-state index in [2.05, 4.69) is 56.7 Å². The lowest BCUT2D eigenvalue weighted by atomic mass is 10.3. The number of esters is 3. The lowest BCUT2D eigenvalue weighted by Gasteiger charge is -2.23. The van der Waals surface area contributed by atoms with Crippen molar-refractivity contribution in [2.45, 2.75) is 54.3 Å². The summed E-state index contributed by atoms with van der Waals surface area (Å²) < 4.78 is 237. The van der Waals surface area contributed by atoms with Crippen LogP contribution in [-0.2, 0) is 71.5 Å². The molecule has 0 fully saturated rings. The molecule has 0 bridgehead atoms. The van der Waals surface area contributed by atoms with E-state index in [4.69, 9.17) is 15.1 Å². The van der Waals surface area contributed by atoms with E-state index in [1.807, 2.05) is 0 Å². The number of aromatic nitrogens is 6. The fraction of sp³-hybridized carbons (Fsp3) is 0.556. The first-order valence-corrected chi connectivity index (χ1v) is 20.6. The van der Waals surface area contributed by atoms with Gasteiger partial charge in [-0.3, -0.25) is 12.5 Å². The van der Waals surface area contributed by atoms with E-state index in [0.717, 1.165) is 20.8 Å². The van der Waals surface area contributed by atoms with Crippen molar-refractivity contribution in [3.05, 3.63) is 56.2 Å². The number of nitrogens with zero attached hydrogens (tertiary/aromatic N) is 3. The van der Waals surface area contributed by atoms with E-state index in [9.17, 15) is 92.3 Å². The summed E-state index contributed by atoms with van der Waals surface area (Å²) in [6.07, 6.45) is -2.73. The average Bonchev–Trinajstić information content (AvgIpc) is 4.06. The Balaban J connectivity index is -0.000000369. The molecule has 390 valence electrons. The molecule has 0 spiro atoms. The smallest absolute Gasteiger partial charge is 0.466 e. The van der Waals surface area contributed by atoms with E-state index in [0.29, 0.717) is 21.3 Å². The quantitative estimate of drug-likeness (QED) is 0.0491. The van der Waals surface area contributed by atoms with Crippen LogP contribution in [0.2, 0.25) is 0 Å². The molecule has 3 heterocycles. The van der Waals surface area contributed by atoms with Gasteiger partial charge in [0.2, 0.25) is 0 Å². The second-order valence-electron chi connectivity index (χ2n) is 9.96. The lowest BCUT2D eigenvalue weighted by molar-refractivity contribution is -0.215. The number of halogens is 12. The topological polar surface area (TPSA) is 356 Å². The summed E-state index contributed by atoms with van der Waals surface area (Å²) in [4.78, 5) is 51.1. The molecule has 0 aliphatic heterocycles. The maximum atomic E-state index is 13.3. The molecule has 0 amide bonds. The molecule has 24 nitrogen and oxygen atoms in total. The van der Waals surface area contributed by atoms with Gasteiger partial charge in [-0.05, 0) is 20.8 Å². The highest BCUT2D eigenvalue weighted by molar-refractivity contribution is 7.89. The number of hydrogen-bond acceptors (Lipinski definition) is 21. The van der Waals surface area contributed by atoms with Crippen molar-refractivity contribution in [3.8, 4) is 0 Å². The molecule has 0 aliphatic rings. The Hall–Kier alpha value is -5.13. The van der Waals surface area contributed by atoms with Gasteiger partial charge in [0.05, 0.1) is 60.1 Å². The number of aromatic amines is 3. The van der Waals surface area contributed by atoms with Crippen molar-refractivity contribution in [2.75, 3.05) is 41.2 Å². The van der Waals surface area contributed by atoms with Gasteiger partial charge in [-0.1, -0.05) is 0 Å². The second kappa shape index (κ2) is 30.3. The number of imidazole rings is 3. The molecule has 0 aliphatic carbocycles. The van der Waals surface area contributed by atoms with Crippen LogP contribution in [-0.4, -0.2) is 170 Å². The average molecular weight is 1070 g/mol. The summed E-state index contributed by atoms with van der Waals surface area (Å²) >= 11 is 0. The van der Waals surface area contributed by atoms with E-state index < -0.39 is 109 Å². The zero-order chi connectivity index (χ0) is 53.8. The number of rotatable bonds is 12. The molecule has 0 saturated carbocycles. The Morgan fingerprint density at radius 3 is 0.731 bits per heavy atom. The largest absolute Gasteiger partial charge is 0.631 e. The third-order valence-corrected chi connectivity index (χ3v) is 10.4. The van der Waals surface area contributed by atoms with Gasteiger partial charge in [0.15, 0.2) is 0 Å². The minimum Gasteiger partial charge on any atom is -0.466 e. The lowest BCUT2D eigenvalue weighted by Crippen LogP contribution is -2.55. The predicted octanol–water partition coefficient (Wildman–Crippen LogP) is 1.44. The fourth-order valence-corrected chi connectivity index (χ4v) is 5.96. The molecule has 0 aromatic carbocycles. The van der Waals surface area contributed by atoms with Crippen LogP contribution in [0.25, 0.3) is 0 Å². The molecule has 3 rings (SSSR count). The van der Waals surface area contributed by atoms with Crippen LogP contribution in [0.5, 0.6) is 0 Å². The number of carbonyl (C=O) groups excluding carboxylic acids is 3.